The highest BCUT2D eigenvalue weighted by atomic mass is 15.1. The molecule has 10 aromatic carbocycles. The molecule has 2 heterocycles. The second-order valence-electron chi connectivity index (χ2n) is 17.4. The molecule has 2 aromatic heterocycles. The van der Waals surface area contributed by atoms with Gasteiger partial charge >= 0.3 is 0 Å². The van der Waals surface area contributed by atoms with Crippen LogP contribution in [-0.4, -0.2) is 9.13 Å². The van der Waals surface area contributed by atoms with Gasteiger partial charge in [-0.1, -0.05) is 147 Å². The third-order valence-electron chi connectivity index (χ3n) is 13.7. The Morgan fingerprint density at radius 3 is 1.63 bits per heavy atom. The van der Waals surface area contributed by atoms with Crippen LogP contribution in [0.3, 0.4) is 0 Å². The van der Waals surface area contributed by atoms with E-state index in [2.05, 4.69) is 240 Å². The highest BCUT2D eigenvalue weighted by Gasteiger charge is 2.36. The van der Waals surface area contributed by atoms with Crippen molar-refractivity contribution >= 4 is 71.4 Å². The van der Waals surface area contributed by atoms with E-state index in [1.165, 1.54) is 87.8 Å². The second kappa shape index (κ2) is 13.1. The molecule has 12 aromatic rings. The van der Waals surface area contributed by atoms with Gasteiger partial charge in [0.2, 0.25) is 0 Å². The minimum atomic E-state index is -0.121. The third kappa shape index (κ3) is 5.00. The monoisotopic (exact) mass is 791 g/mol. The summed E-state index contributed by atoms with van der Waals surface area (Å²) in [6.45, 7) is 4.72. The van der Waals surface area contributed by atoms with E-state index < -0.39 is 0 Å². The molecular formula is C59H41N3. The van der Waals surface area contributed by atoms with E-state index in [4.69, 9.17) is 0 Å². The van der Waals surface area contributed by atoms with Crippen molar-refractivity contribution in [2.24, 2.45) is 0 Å². The molecule has 13 rings (SSSR count). The van der Waals surface area contributed by atoms with E-state index in [9.17, 15) is 0 Å². The summed E-state index contributed by atoms with van der Waals surface area (Å²) in [6, 6.07) is 78.4. The number of para-hydroxylation sites is 2. The van der Waals surface area contributed by atoms with Crippen molar-refractivity contribution in [2.45, 2.75) is 19.3 Å². The van der Waals surface area contributed by atoms with Gasteiger partial charge in [0, 0.05) is 55.4 Å². The molecule has 3 heteroatoms. The Balaban J connectivity index is 0.937. The summed E-state index contributed by atoms with van der Waals surface area (Å²) in [5.41, 5.74) is 18.2. The molecule has 0 fully saturated rings. The van der Waals surface area contributed by atoms with Crippen molar-refractivity contribution in [3.63, 3.8) is 0 Å². The Labute approximate surface area is 360 Å². The Bertz CT molecular complexity index is 3630. The van der Waals surface area contributed by atoms with Crippen LogP contribution >= 0.6 is 0 Å². The van der Waals surface area contributed by atoms with Gasteiger partial charge in [0.05, 0.1) is 22.1 Å². The number of anilines is 3. The van der Waals surface area contributed by atoms with Crippen LogP contribution in [0.15, 0.2) is 212 Å². The number of nitrogens with zero attached hydrogens (tertiary/aromatic N) is 3. The van der Waals surface area contributed by atoms with Gasteiger partial charge in [-0.15, -0.1) is 0 Å². The minimum Gasteiger partial charge on any atom is -0.310 e. The van der Waals surface area contributed by atoms with Crippen LogP contribution in [0.4, 0.5) is 17.1 Å². The van der Waals surface area contributed by atoms with Crippen LogP contribution in [-0.2, 0) is 5.41 Å². The molecule has 292 valence electrons. The summed E-state index contributed by atoms with van der Waals surface area (Å²) >= 11 is 0. The van der Waals surface area contributed by atoms with Crippen LogP contribution in [0.2, 0.25) is 0 Å². The lowest BCUT2D eigenvalue weighted by Crippen LogP contribution is -2.16. The minimum absolute atomic E-state index is 0.121. The molecule has 0 atom stereocenters. The Hall–Kier alpha value is -7.88. The predicted octanol–water partition coefficient (Wildman–Crippen LogP) is 15.9. The Morgan fingerprint density at radius 1 is 0.355 bits per heavy atom. The maximum atomic E-state index is 2.44. The van der Waals surface area contributed by atoms with E-state index in [-0.39, 0.29) is 5.41 Å². The van der Waals surface area contributed by atoms with E-state index in [1.54, 1.807) is 0 Å². The highest BCUT2D eigenvalue weighted by molar-refractivity contribution is 6.24. The molecule has 0 bridgehead atoms. The summed E-state index contributed by atoms with van der Waals surface area (Å²) in [6.07, 6.45) is 0. The topological polar surface area (TPSA) is 13.1 Å². The van der Waals surface area contributed by atoms with Gasteiger partial charge in [-0.2, -0.15) is 0 Å². The fraction of sp³-hybridized carbons (Fsp3) is 0.0508. The molecule has 62 heavy (non-hydrogen) atoms. The zero-order valence-electron chi connectivity index (χ0n) is 34.5. The molecule has 0 amide bonds. The molecule has 0 spiro atoms. The maximum absolute atomic E-state index is 2.44. The molecule has 0 aliphatic heterocycles. The van der Waals surface area contributed by atoms with E-state index >= 15 is 0 Å². The van der Waals surface area contributed by atoms with Gasteiger partial charge < -0.3 is 14.0 Å². The Kier molecular flexibility index (Phi) is 7.36. The van der Waals surface area contributed by atoms with Gasteiger partial charge in [-0.3, -0.25) is 0 Å². The standard InChI is InChI=1S/C59H41N3/c1-59(2)51-18-8-6-16-47(51)48-34-32-45(36-52(48)59)60(46-33-35-50-49-17-7-9-19-53(49)61(56(50)37-46)42-14-4-3-5-15-42)43-28-24-38(25-29-43)39-26-30-44(31-27-39)62-54-20-10-12-40-22-23-41-13-11-21-55(62)58(41)57(40)54/h3-37H,1-2H3. The largest absolute Gasteiger partial charge is 0.310 e. The molecule has 0 N–H and O–H groups in total. The van der Waals surface area contributed by atoms with Crippen molar-refractivity contribution in [1.29, 1.82) is 0 Å². The average Bonchev–Trinajstić information content (AvgIpc) is 3.92. The number of benzene rings is 10. The molecular weight excluding hydrogens is 751 g/mol. The van der Waals surface area contributed by atoms with Gasteiger partial charge in [0.25, 0.3) is 0 Å². The molecule has 1 aliphatic carbocycles. The summed E-state index contributed by atoms with van der Waals surface area (Å²) < 4.78 is 4.82. The predicted molar refractivity (Wildman–Crippen MR) is 261 cm³/mol. The molecule has 0 unspecified atom stereocenters. The SMILES string of the molecule is CC1(C)c2ccccc2-c2ccc(N(c3ccc(-c4ccc(-n5c6cccc7ccc8cccc5c8c76)cc4)cc3)c3ccc4c5ccccc5n(-c5ccccc5)c4c3)cc21. The number of hydrogen-bond donors (Lipinski definition) is 0. The van der Waals surface area contributed by atoms with Gasteiger partial charge in [0.15, 0.2) is 0 Å². The number of hydrogen-bond acceptors (Lipinski definition) is 1. The van der Waals surface area contributed by atoms with Gasteiger partial charge in [-0.25, -0.2) is 0 Å². The van der Waals surface area contributed by atoms with Gasteiger partial charge in [-0.05, 0) is 123 Å². The lowest BCUT2D eigenvalue weighted by molar-refractivity contribution is 0.660. The van der Waals surface area contributed by atoms with E-state index in [0.717, 1.165) is 28.4 Å². The van der Waals surface area contributed by atoms with Crippen molar-refractivity contribution < 1.29 is 0 Å². The van der Waals surface area contributed by atoms with E-state index in [0.29, 0.717) is 0 Å². The summed E-state index contributed by atoms with van der Waals surface area (Å²) in [7, 11) is 0. The third-order valence-corrected chi connectivity index (χ3v) is 13.7. The number of fused-ring (bicyclic) bond motifs is 6. The number of rotatable bonds is 6. The quantitative estimate of drug-likeness (QED) is 0.153. The first-order valence-corrected chi connectivity index (χ1v) is 21.6. The fourth-order valence-corrected chi connectivity index (χ4v) is 10.7. The zero-order chi connectivity index (χ0) is 41.1. The summed E-state index contributed by atoms with van der Waals surface area (Å²) in [5, 5.41) is 7.72. The smallest absolute Gasteiger partial charge is 0.0561 e. The van der Waals surface area contributed by atoms with Crippen molar-refractivity contribution in [3.8, 4) is 33.6 Å². The molecule has 0 saturated heterocycles. The average molecular weight is 792 g/mol. The fourth-order valence-electron chi connectivity index (χ4n) is 10.7. The Morgan fingerprint density at radius 2 is 0.887 bits per heavy atom. The normalized spacial score (nSPS) is 13.1. The van der Waals surface area contributed by atoms with Crippen LogP contribution in [0.25, 0.3) is 88.0 Å². The lowest BCUT2D eigenvalue weighted by Gasteiger charge is -2.28. The van der Waals surface area contributed by atoms with Crippen molar-refractivity contribution in [3.05, 3.63) is 223 Å². The van der Waals surface area contributed by atoms with Gasteiger partial charge in [0.1, 0.15) is 0 Å². The number of aromatic nitrogens is 2. The molecule has 0 saturated carbocycles. The first-order valence-electron chi connectivity index (χ1n) is 21.6. The summed E-state index contributed by atoms with van der Waals surface area (Å²) in [5.74, 6) is 0. The zero-order valence-corrected chi connectivity index (χ0v) is 34.5. The summed E-state index contributed by atoms with van der Waals surface area (Å²) in [4.78, 5) is 2.44. The van der Waals surface area contributed by atoms with Crippen LogP contribution in [0, 0.1) is 0 Å². The van der Waals surface area contributed by atoms with Crippen LogP contribution in [0.1, 0.15) is 25.0 Å². The van der Waals surface area contributed by atoms with Crippen LogP contribution < -0.4 is 4.90 Å². The second-order valence-corrected chi connectivity index (χ2v) is 17.4. The maximum Gasteiger partial charge on any atom is 0.0561 e. The molecule has 1 aliphatic rings. The van der Waals surface area contributed by atoms with Crippen molar-refractivity contribution in [1.82, 2.24) is 9.13 Å². The van der Waals surface area contributed by atoms with Crippen LogP contribution in [0.5, 0.6) is 0 Å². The highest BCUT2D eigenvalue weighted by Crippen LogP contribution is 2.51. The first-order chi connectivity index (χ1) is 30.5. The lowest BCUT2D eigenvalue weighted by atomic mass is 9.82. The molecule has 0 radical (unpaired) electrons. The van der Waals surface area contributed by atoms with Crippen molar-refractivity contribution in [2.75, 3.05) is 4.90 Å². The molecule has 3 nitrogen and oxygen atoms in total. The van der Waals surface area contributed by atoms with E-state index in [1.807, 2.05) is 0 Å². The first kappa shape index (κ1) is 34.9.